The highest BCUT2D eigenvalue weighted by atomic mass is 16.5. The minimum Gasteiger partial charge on any atom is -0.481 e. The molecule has 0 rings (SSSR count). The number of esters is 1. The van der Waals surface area contributed by atoms with Crippen LogP contribution in [0.15, 0.2) is 0 Å². The lowest BCUT2D eigenvalue weighted by molar-refractivity contribution is -0.143. The first kappa shape index (κ1) is 27.9. The van der Waals surface area contributed by atoms with Crippen molar-refractivity contribution in [2.75, 3.05) is 19.7 Å². The molecule has 5 heteroatoms. The molecule has 2 N–H and O–H groups in total. The average molecular weight is 414 g/mol. The van der Waals surface area contributed by atoms with Gasteiger partial charge in [0.1, 0.15) is 0 Å². The van der Waals surface area contributed by atoms with Gasteiger partial charge in [0.15, 0.2) is 0 Å². The van der Waals surface area contributed by atoms with Crippen molar-refractivity contribution < 1.29 is 19.4 Å². The highest BCUT2D eigenvalue weighted by Crippen LogP contribution is 2.13. The summed E-state index contributed by atoms with van der Waals surface area (Å²) in [6.07, 6.45) is 21.7. The Labute approximate surface area is 179 Å². The molecule has 0 aromatic carbocycles. The summed E-state index contributed by atoms with van der Waals surface area (Å²) in [5.74, 6) is -1.03. The maximum Gasteiger partial charge on any atom is 0.307 e. The second kappa shape index (κ2) is 23.2. The van der Waals surface area contributed by atoms with E-state index in [1.54, 1.807) is 0 Å². The van der Waals surface area contributed by atoms with Crippen LogP contribution < -0.4 is 5.32 Å². The Hall–Kier alpha value is -1.10. The molecule has 0 aliphatic heterocycles. The van der Waals surface area contributed by atoms with Gasteiger partial charge < -0.3 is 15.2 Å². The van der Waals surface area contributed by atoms with Crippen LogP contribution in [0.2, 0.25) is 0 Å². The molecule has 0 unspecified atom stereocenters. The smallest absolute Gasteiger partial charge is 0.307 e. The molecule has 0 heterocycles. The van der Waals surface area contributed by atoms with Crippen molar-refractivity contribution in [2.24, 2.45) is 0 Å². The van der Waals surface area contributed by atoms with E-state index in [1.165, 1.54) is 89.9 Å². The normalized spacial score (nSPS) is 10.9. The number of ether oxygens (including phenoxy) is 1. The van der Waals surface area contributed by atoms with Crippen LogP contribution in [0.3, 0.4) is 0 Å². The van der Waals surface area contributed by atoms with Crippen molar-refractivity contribution in [3.63, 3.8) is 0 Å². The lowest BCUT2D eigenvalue weighted by atomic mass is 10.0. The summed E-state index contributed by atoms with van der Waals surface area (Å²) in [5, 5.41) is 11.4. The maximum absolute atomic E-state index is 11.5. The van der Waals surface area contributed by atoms with Crippen LogP contribution in [-0.4, -0.2) is 36.7 Å². The highest BCUT2D eigenvalue weighted by Gasteiger charge is 2.03. The van der Waals surface area contributed by atoms with E-state index in [4.69, 9.17) is 9.84 Å². The number of carboxylic acid groups (broad SMARTS) is 1. The molecular weight excluding hydrogens is 366 g/mol. The highest BCUT2D eigenvalue weighted by molar-refractivity contribution is 5.69. The van der Waals surface area contributed by atoms with Crippen molar-refractivity contribution in [3.05, 3.63) is 0 Å². The minimum absolute atomic E-state index is 0.0776. The molecule has 29 heavy (non-hydrogen) atoms. The number of carboxylic acids is 1. The lowest BCUT2D eigenvalue weighted by Gasteiger charge is -2.06. The monoisotopic (exact) mass is 413 g/mol. The van der Waals surface area contributed by atoms with E-state index >= 15 is 0 Å². The van der Waals surface area contributed by atoms with Crippen molar-refractivity contribution >= 4 is 11.9 Å². The standard InChI is InChI=1S/C24H47NO4/c1-2-3-4-5-6-7-8-9-10-11-12-13-14-15-16-17-22-29-24(28)19-21-25-20-18-23(26)27/h25H,2-22H2,1H3,(H,26,27). The van der Waals surface area contributed by atoms with E-state index < -0.39 is 5.97 Å². The van der Waals surface area contributed by atoms with Gasteiger partial charge in [-0.25, -0.2) is 0 Å². The fourth-order valence-corrected chi connectivity index (χ4v) is 3.42. The Morgan fingerprint density at radius 2 is 1.07 bits per heavy atom. The van der Waals surface area contributed by atoms with E-state index in [9.17, 15) is 9.59 Å². The molecule has 0 aromatic heterocycles. The Balaban J connectivity index is 3.12. The Morgan fingerprint density at radius 1 is 0.655 bits per heavy atom. The molecule has 172 valence electrons. The quantitative estimate of drug-likeness (QED) is 0.153. The number of carbonyl (C=O) groups is 2. The van der Waals surface area contributed by atoms with Gasteiger partial charge in [-0.2, -0.15) is 0 Å². The van der Waals surface area contributed by atoms with E-state index in [1.807, 2.05) is 0 Å². The molecule has 0 aliphatic carbocycles. The van der Waals surface area contributed by atoms with Crippen LogP contribution in [0.1, 0.15) is 122 Å². The van der Waals surface area contributed by atoms with Gasteiger partial charge >= 0.3 is 11.9 Å². The van der Waals surface area contributed by atoms with Gasteiger partial charge in [0.25, 0.3) is 0 Å². The van der Waals surface area contributed by atoms with Gasteiger partial charge in [-0.15, -0.1) is 0 Å². The fourth-order valence-electron chi connectivity index (χ4n) is 3.42. The number of unbranched alkanes of at least 4 members (excludes halogenated alkanes) is 15. The van der Waals surface area contributed by atoms with Crippen LogP contribution in [-0.2, 0) is 14.3 Å². The molecule has 0 fully saturated rings. The van der Waals surface area contributed by atoms with Gasteiger partial charge in [0, 0.05) is 13.1 Å². The van der Waals surface area contributed by atoms with E-state index in [0.717, 1.165) is 12.8 Å². The molecule has 0 amide bonds. The van der Waals surface area contributed by atoms with Crippen LogP contribution >= 0.6 is 0 Å². The first-order valence-electron chi connectivity index (χ1n) is 12.2. The molecular formula is C24H47NO4. The number of aliphatic carboxylic acids is 1. The largest absolute Gasteiger partial charge is 0.481 e. The molecule has 0 spiro atoms. The van der Waals surface area contributed by atoms with Gasteiger partial charge in [-0.3, -0.25) is 9.59 Å². The first-order valence-corrected chi connectivity index (χ1v) is 12.2. The van der Waals surface area contributed by atoms with Crippen LogP contribution in [0.4, 0.5) is 0 Å². The number of nitrogens with one attached hydrogen (secondary N) is 1. The van der Waals surface area contributed by atoms with Gasteiger partial charge in [0.2, 0.25) is 0 Å². The number of hydrogen-bond donors (Lipinski definition) is 2. The molecule has 5 nitrogen and oxygen atoms in total. The zero-order chi connectivity index (χ0) is 21.4. The number of hydrogen-bond acceptors (Lipinski definition) is 4. The third-order valence-corrected chi connectivity index (χ3v) is 5.28. The molecule has 0 radical (unpaired) electrons. The van der Waals surface area contributed by atoms with Crippen molar-refractivity contribution in [2.45, 2.75) is 122 Å². The summed E-state index contributed by atoms with van der Waals surface area (Å²) in [7, 11) is 0. The van der Waals surface area contributed by atoms with Gasteiger partial charge in [-0.05, 0) is 6.42 Å². The van der Waals surface area contributed by atoms with Crippen molar-refractivity contribution in [1.29, 1.82) is 0 Å². The molecule has 0 aromatic rings. The summed E-state index contributed by atoms with van der Waals surface area (Å²) < 4.78 is 5.19. The van der Waals surface area contributed by atoms with Crippen molar-refractivity contribution in [1.82, 2.24) is 5.32 Å². The van der Waals surface area contributed by atoms with Gasteiger partial charge in [-0.1, -0.05) is 103 Å². The van der Waals surface area contributed by atoms with E-state index in [2.05, 4.69) is 12.2 Å². The summed E-state index contributed by atoms with van der Waals surface area (Å²) in [6.45, 7) is 3.65. The zero-order valence-corrected chi connectivity index (χ0v) is 19.0. The van der Waals surface area contributed by atoms with E-state index in [-0.39, 0.29) is 12.4 Å². The minimum atomic E-state index is -0.830. The fraction of sp³-hybridized carbons (Fsp3) is 0.917. The van der Waals surface area contributed by atoms with Gasteiger partial charge in [0.05, 0.1) is 19.4 Å². The topological polar surface area (TPSA) is 75.6 Å². The zero-order valence-electron chi connectivity index (χ0n) is 19.0. The number of carbonyl (C=O) groups excluding carboxylic acids is 1. The molecule has 0 bridgehead atoms. The third-order valence-electron chi connectivity index (χ3n) is 5.28. The van der Waals surface area contributed by atoms with Crippen molar-refractivity contribution in [3.8, 4) is 0 Å². The Kier molecular flexibility index (Phi) is 22.3. The lowest BCUT2D eigenvalue weighted by Crippen LogP contribution is -2.22. The summed E-state index contributed by atoms with van der Waals surface area (Å²) in [5.41, 5.74) is 0. The summed E-state index contributed by atoms with van der Waals surface area (Å²) >= 11 is 0. The predicted octanol–water partition coefficient (Wildman–Crippen LogP) is 6.25. The summed E-state index contributed by atoms with van der Waals surface area (Å²) in [6, 6.07) is 0. The first-order chi connectivity index (χ1) is 14.2. The predicted molar refractivity (Wildman–Crippen MR) is 120 cm³/mol. The second-order valence-corrected chi connectivity index (χ2v) is 8.17. The van der Waals surface area contributed by atoms with Crippen LogP contribution in [0.25, 0.3) is 0 Å². The second-order valence-electron chi connectivity index (χ2n) is 8.17. The molecule has 0 saturated carbocycles. The molecule has 0 saturated heterocycles. The molecule has 0 aliphatic rings. The van der Waals surface area contributed by atoms with Crippen LogP contribution in [0.5, 0.6) is 0 Å². The third kappa shape index (κ3) is 24.9. The Bertz CT molecular complexity index is 374. The van der Waals surface area contributed by atoms with E-state index in [0.29, 0.717) is 26.1 Å². The van der Waals surface area contributed by atoms with Crippen LogP contribution in [0, 0.1) is 0 Å². The summed E-state index contributed by atoms with van der Waals surface area (Å²) in [4.78, 5) is 21.9. The number of rotatable bonds is 23. The average Bonchev–Trinajstić information content (AvgIpc) is 2.69. The maximum atomic E-state index is 11.5. The molecule has 0 atom stereocenters. The SMILES string of the molecule is CCCCCCCCCCCCCCCCCCOC(=O)CCNCCC(=O)O. The Morgan fingerprint density at radius 3 is 1.52 bits per heavy atom.